The average molecular weight is 343 g/mol. The van der Waals surface area contributed by atoms with Crippen LogP contribution in [-0.2, 0) is 11.8 Å². The van der Waals surface area contributed by atoms with Crippen LogP contribution in [0.4, 0.5) is 5.88 Å². The highest BCUT2D eigenvalue weighted by Gasteiger charge is 2.20. The van der Waals surface area contributed by atoms with Gasteiger partial charge in [0.25, 0.3) is 0 Å². The number of hydrogen-bond donors (Lipinski definition) is 1. The molecular formula is C16H17N5O2S. The standard InChI is InChI=1S/C16H17N5O2S/c1-10-9-13(23-20-10)17-15(22)11(2)24-16-19-18-14(21(16)3)12-7-5-4-6-8-12/h4-9,11H,1-3H3,(H,17,22). The van der Waals surface area contributed by atoms with Gasteiger partial charge in [-0.2, -0.15) is 0 Å². The molecule has 1 aromatic carbocycles. The van der Waals surface area contributed by atoms with Crippen molar-refractivity contribution in [2.24, 2.45) is 7.05 Å². The third kappa shape index (κ3) is 3.48. The molecule has 0 aliphatic carbocycles. The summed E-state index contributed by atoms with van der Waals surface area (Å²) in [5.74, 6) is 0.921. The quantitative estimate of drug-likeness (QED) is 0.717. The number of anilines is 1. The first-order valence-corrected chi connectivity index (χ1v) is 8.28. The third-order valence-corrected chi connectivity index (χ3v) is 4.53. The Morgan fingerprint density at radius 3 is 2.71 bits per heavy atom. The van der Waals surface area contributed by atoms with E-state index in [1.54, 1.807) is 19.9 Å². The maximum atomic E-state index is 12.2. The van der Waals surface area contributed by atoms with E-state index in [-0.39, 0.29) is 11.2 Å². The van der Waals surface area contributed by atoms with Crippen molar-refractivity contribution in [1.29, 1.82) is 0 Å². The molecular weight excluding hydrogens is 326 g/mol. The van der Waals surface area contributed by atoms with Gasteiger partial charge in [-0.25, -0.2) is 0 Å². The molecule has 7 nitrogen and oxygen atoms in total. The summed E-state index contributed by atoms with van der Waals surface area (Å²) in [6.07, 6.45) is 0. The highest BCUT2D eigenvalue weighted by Crippen LogP contribution is 2.26. The number of carbonyl (C=O) groups is 1. The molecule has 2 aromatic heterocycles. The predicted octanol–water partition coefficient (Wildman–Crippen LogP) is 2.90. The lowest BCUT2D eigenvalue weighted by Gasteiger charge is -2.09. The van der Waals surface area contributed by atoms with Crippen LogP contribution in [0.15, 0.2) is 46.1 Å². The molecule has 3 aromatic rings. The van der Waals surface area contributed by atoms with E-state index in [0.29, 0.717) is 16.7 Å². The topological polar surface area (TPSA) is 85.8 Å². The number of benzene rings is 1. The molecule has 0 radical (unpaired) electrons. The second-order valence-electron chi connectivity index (χ2n) is 5.31. The van der Waals surface area contributed by atoms with Gasteiger partial charge in [0.05, 0.1) is 10.9 Å². The largest absolute Gasteiger partial charge is 0.338 e. The second kappa shape index (κ2) is 6.88. The zero-order chi connectivity index (χ0) is 17.1. The molecule has 24 heavy (non-hydrogen) atoms. The summed E-state index contributed by atoms with van der Waals surface area (Å²) in [5, 5.41) is 15.2. The van der Waals surface area contributed by atoms with Crippen molar-refractivity contribution in [3.63, 3.8) is 0 Å². The SMILES string of the molecule is Cc1cc(NC(=O)C(C)Sc2nnc(-c3ccccc3)n2C)on1. The van der Waals surface area contributed by atoms with Crippen LogP contribution in [0.25, 0.3) is 11.4 Å². The highest BCUT2D eigenvalue weighted by molar-refractivity contribution is 8.00. The number of nitrogens with one attached hydrogen (secondary N) is 1. The number of aryl methyl sites for hydroxylation is 1. The Morgan fingerprint density at radius 1 is 1.29 bits per heavy atom. The van der Waals surface area contributed by atoms with Crippen molar-refractivity contribution in [3.8, 4) is 11.4 Å². The number of hydrogen-bond acceptors (Lipinski definition) is 6. The van der Waals surface area contributed by atoms with Gasteiger partial charge in [0.1, 0.15) is 0 Å². The fourth-order valence-corrected chi connectivity index (χ4v) is 2.93. The Bertz CT molecular complexity index is 843. The number of aromatic nitrogens is 4. The number of amides is 1. The van der Waals surface area contributed by atoms with Crippen LogP contribution in [0.5, 0.6) is 0 Å². The summed E-state index contributed by atoms with van der Waals surface area (Å²) < 4.78 is 6.87. The van der Waals surface area contributed by atoms with Crippen LogP contribution in [-0.4, -0.2) is 31.1 Å². The molecule has 1 atom stereocenters. The Kier molecular flexibility index (Phi) is 4.66. The van der Waals surface area contributed by atoms with Crippen LogP contribution in [0.2, 0.25) is 0 Å². The molecule has 124 valence electrons. The first-order chi connectivity index (χ1) is 11.5. The van der Waals surface area contributed by atoms with Gasteiger partial charge in [-0.05, 0) is 13.8 Å². The molecule has 0 fully saturated rings. The summed E-state index contributed by atoms with van der Waals surface area (Å²) in [7, 11) is 1.88. The third-order valence-electron chi connectivity index (χ3n) is 3.39. The zero-order valence-electron chi connectivity index (χ0n) is 13.6. The summed E-state index contributed by atoms with van der Waals surface area (Å²) >= 11 is 1.34. The van der Waals surface area contributed by atoms with Crippen molar-refractivity contribution in [2.45, 2.75) is 24.3 Å². The predicted molar refractivity (Wildman–Crippen MR) is 91.6 cm³/mol. The molecule has 0 saturated heterocycles. The fraction of sp³-hybridized carbons (Fsp3) is 0.250. The Balaban J connectivity index is 1.69. The molecule has 1 N–H and O–H groups in total. The molecule has 1 unspecified atom stereocenters. The van der Waals surface area contributed by atoms with E-state index in [2.05, 4.69) is 20.7 Å². The van der Waals surface area contributed by atoms with Gasteiger partial charge in [-0.15, -0.1) is 10.2 Å². The molecule has 0 aliphatic heterocycles. The lowest BCUT2D eigenvalue weighted by atomic mass is 10.2. The van der Waals surface area contributed by atoms with E-state index in [0.717, 1.165) is 11.4 Å². The van der Waals surface area contributed by atoms with Gasteiger partial charge in [0.15, 0.2) is 11.0 Å². The number of rotatable bonds is 5. The van der Waals surface area contributed by atoms with Crippen LogP contribution >= 0.6 is 11.8 Å². The second-order valence-corrected chi connectivity index (χ2v) is 6.62. The van der Waals surface area contributed by atoms with Crippen LogP contribution in [0, 0.1) is 6.92 Å². The molecule has 0 saturated carbocycles. The smallest absolute Gasteiger partial charge is 0.240 e. The lowest BCUT2D eigenvalue weighted by molar-refractivity contribution is -0.115. The summed E-state index contributed by atoms with van der Waals surface area (Å²) in [5.41, 5.74) is 1.69. The van der Waals surface area contributed by atoms with E-state index < -0.39 is 0 Å². The maximum Gasteiger partial charge on any atom is 0.240 e. The van der Waals surface area contributed by atoms with Crippen molar-refractivity contribution >= 4 is 23.6 Å². The molecule has 8 heteroatoms. The minimum atomic E-state index is -0.359. The molecule has 2 heterocycles. The monoisotopic (exact) mass is 343 g/mol. The summed E-state index contributed by atoms with van der Waals surface area (Å²) in [4.78, 5) is 12.2. The Hall–Kier alpha value is -2.61. The molecule has 0 spiro atoms. The minimum Gasteiger partial charge on any atom is -0.338 e. The lowest BCUT2D eigenvalue weighted by Crippen LogP contribution is -2.22. The Morgan fingerprint density at radius 2 is 2.04 bits per heavy atom. The van der Waals surface area contributed by atoms with E-state index in [1.165, 1.54) is 11.8 Å². The summed E-state index contributed by atoms with van der Waals surface area (Å²) in [6.45, 7) is 3.60. The maximum absolute atomic E-state index is 12.2. The normalized spacial score (nSPS) is 12.1. The van der Waals surface area contributed by atoms with Gasteiger partial charge in [0.2, 0.25) is 11.8 Å². The highest BCUT2D eigenvalue weighted by atomic mass is 32.2. The van der Waals surface area contributed by atoms with Gasteiger partial charge < -0.3 is 9.09 Å². The van der Waals surface area contributed by atoms with Crippen molar-refractivity contribution < 1.29 is 9.32 Å². The van der Waals surface area contributed by atoms with Crippen molar-refractivity contribution in [1.82, 2.24) is 19.9 Å². The Labute approximate surface area is 143 Å². The van der Waals surface area contributed by atoms with Crippen LogP contribution < -0.4 is 5.32 Å². The van der Waals surface area contributed by atoms with E-state index in [9.17, 15) is 4.79 Å². The van der Waals surface area contributed by atoms with Crippen LogP contribution in [0.3, 0.4) is 0 Å². The molecule has 0 bridgehead atoms. The molecule has 3 rings (SSSR count). The van der Waals surface area contributed by atoms with Gasteiger partial charge in [-0.1, -0.05) is 47.3 Å². The number of thioether (sulfide) groups is 1. The van der Waals surface area contributed by atoms with E-state index in [1.807, 2.05) is 41.9 Å². The zero-order valence-corrected chi connectivity index (χ0v) is 14.4. The van der Waals surface area contributed by atoms with Gasteiger partial charge >= 0.3 is 0 Å². The van der Waals surface area contributed by atoms with Gasteiger partial charge in [-0.3, -0.25) is 10.1 Å². The number of carbonyl (C=O) groups excluding carboxylic acids is 1. The first kappa shape index (κ1) is 16.3. The van der Waals surface area contributed by atoms with E-state index >= 15 is 0 Å². The van der Waals surface area contributed by atoms with Crippen LogP contribution in [0.1, 0.15) is 12.6 Å². The van der Waals surface area contributed by atoms with Crippen molar-refractivity contribution in [3.05, 3.63) is 42.1 Å². The average Bonchev–Trinajstić information content (AvgIpc) is 3.14. The van der Waals surface area contributed by atoms with Crippen molar-refractivity contribution in [2.75, 3.05) is 5.32 Å². The summed E-state index contributed by atoms with van der Waals surface area (Å²) in [6, 6.07) is 11.5. The minimum absolute atomic E-state index is 0.180. The first-order valence-electron chi connectivity index (χ1n) is 7.40. The number of nitrogens with zero attached hydrogens (tertiary/aromatic N) is 4. The fourth-order valence-electron chi connectivity index (χ4n) is 2.11. The molecule has 1 amide bonds. The van der Waals surface area contributed by atoms with E-state index in [4.69, 9.17) is 4.52 Å². The van der Waals surface area contributed by atoms with Gasteiger partial charge in [0, 0.05) is 18.7 Å². The molecule has 0 aliphatic rings.